The molecular weight excluding hydrogens is 815 g/mol. The first-order chi connectivity index (χ1) is 24.7. The Morgan fingerprint density at radius 3 is 2.21 bits per heavy atom. The maximum Gasteiger partial charge on any atom is 0.348 e. The third kappa shape index (κ3) is 9.13. The molecule has 1 N–H and O–H groups in total. The molecule has 5 aromatic rings. The number of hydrogen-bond donors (Lipinski definition) is 1. The molecule has 0 saturated carbocycles. The van der Waals surface area contributed by atoms with Gasteiger partial charge in [-0.3, -0.25) is 0 Å². The summed E-state index contributed by atoms with van der Waals surface area (Å²) in [5.74, 6) is 0.669. The molecule has 0 radical (unpaired) electrons. The zero-order chi connectivity index (χ0) is 39.0. The van der Waals surface area contributed by atoms with Crippen molar-refractivity contribution >= 4 is 75.0 Å². The minimum atomic E-state index is -2.22. The Kier molecular flexibility index (Phi) is 12.2. The van der Waals surface area contributed by atoms with Crippen molar-refractivity contribution in [3.63, 3.8) is 0 Å². The lowest BCUT2D eigenvalue weighted by molar-refractivity contribution is -0.163. The molecule has 0 aliphatic rings. The van der Waals surface area contributed by atoms with Gasteiger partial charge in [-0.25, -0.2) is 14.8 Å². The van der Waals surface area contributed by atoms with Gasteiger partial charge in [0.15, 0.2) is 5.75 Å². The van der Waals surface area contributed by atoms with E-state index < -0.39 is 26.0 Å². The second kappa shape index (κ2) is 15.8. The van der Waals surface area contributed by atoms with Gasteiger partial charge in [0.2, 0.25) is 20.3 Å². The van der Waals surface area contributed by atoms with E-state index in [1.54, 1.807) is 13.8 Å². The zero-order valence-corrected chi connectivity index (χ0v) is 36.5. The molecule has 8 nitrogen and oxygen atoms in total. The first kappa shape index (κ1) is 40.8. The highest BCUT2D eigenvalue weighted by atomic mass is 79.9. The van der Waals surface area contributed by atoms with Gasteiger partial charge < -0.3 is 23.7 Å². The monoisotopic (exact) mass is 858 g/mol. The van der Waals surface area contributed by atoms with E-state index in [0.29, 0.717) is 56.1 Å². The number of fused-ring (bicyclic) bond motifs is 1. The van der Waals surface area contributed by atoms with Crippen LogP contribution in [0.4, 0.5) is 0 Å². The van der Waals surface area contributed by atoms with Crippen LogP contribution in [-0.2, 0) is 22.6 Å². The summed E-state index contributed by atoms with van der Waals surface area (Å²) in [7, 11) is -2.22. The van der Waals surface area contributed by atoms with Gasteiger partial charge in [-0.15, -0.1) is 11.3 Å². The van der Waals surface area contributed by atoms with E-state index in [1.165, 1.54) is 17.7 Å². The van der Waals surface area contributed by atoms with Crippen molar-refractivity contribution in [3.8, 4) is 34.3 Å². The number of thiophene rings is 1. The molecule has 3 aromatic carbocycles. The number of phenolic OH excluding ortho intramolecular Hbond substituents is 1. The highest BCUT2D eigenvalue weighted by Gasteiger charge is 2.39. The van der Waals surface area contributed by atoms with E-state index in [-0.39, 0.29) is 33.1 Å². The van der Waals surface area contributed by atoms with Gasteiger partial charge in [-0.05, 0) is 109 Å². The second-order valence-electron chi connectivity index (χ2n) is 15.5. The van der Waals surface area contributed by atoms with Gasteiger partial charge in [0.05, 0.1) is 19.2 Å². The smallest absolute Gasteiger partial charge is 0.348 e. The highest BCUT2D eigenvalue weighted by molar-refractivity contribution is 9.11. The molecular formula is C40H45BrCl2N2O6SSi. The summed E-state index contributed by atoms with van der Waals surface area (Å²) >= 11 is 18.2. The second-order valence-corrected chi connectivity index (χ2v) is 23.3. The Labute approximate surface area is 335 Å². The highest BCUT2D eigenvalue weighted by Crippen LogP contribution is 2.51. The standard InChI is InChI=1S/C40H45BrCl2N2O6SSi/c1-22-29(23(2)33(43)34(46)32(22)42)30-31-36(44-21-45-37(31)52-35(30)41)49-28(38(47)50-39(3,4)5)19-25-18-26(51-53(9,10)40(6,7)8)16-17-27(25)48-20-24-14-12-11-13-15-24/h11-18,21,28,46H,19-20H2,1-10H3. The predicted molar refractivity (Wildman–Crippen MR) is 221 cm³/mol. The van der Waals surface area contributed by atoms with Crippen LogP contribution in [0.25, 0.3) is 21.3 Å². The van der Waals surface area contributed by atoms with Crippen LogP contribution < -0.4 is 13.9 Å². The molecule has 0 fully saturated rings. The van der Waals surface area contributed by atoms with Crippen molar-refractivity contribution in [1.29, 1.82) is 0 Å². The number of aromatic hydroxyl groups is 1. The summed E-state index contributed by atoms with van der Waals surface area (Å²) in [6.45, 7) is 20.3. The first-order valence-electron chi connectivity index (χ1n) is 17.2. The molecule has 282 valence electrons. The van der Waals surface area contributed by atoms with Crippen LogP contribution in [-0.4, -0.2) is 41.1 Å². The first-order valence-corrected chi connectivity index (χ1v) is 22.4. The number of carbonyl (C=O) groups excluding carboxylic acids is 1. The molecule has 5 rings (SSSR count). The molecule has 0 aliphatic carbocycles. The van der Waals surface area contributed by atoms with Crippen LogP contribution in [0.5, 0.6) is 23.1 Å². The number of hydrogen-bond acceptors (Lipinski definition) is 9. The summed E-state index contributed by atoms with van der Waals surface area (Å²) in [4.78, 5) is 23.8. The zero-order valence-electron chi connectivity index (χ0n) is 31.6. The van der Waals surface area contributed by atoms with Gasteiger partial charge in [-0.2, -0.15) is 0 Å². The van der Waals surface area contributed by atoms with Crippen LogP contribution in [0.1, 0.15) is 63.8 Å². The molecule has 0 amide bonds. The van der Waals surface area contributed by atoms with E-state index in [0.717, 1.165) is 9.35 Å². The Morgan fingerprint density at radius 1 is 0.962 bits per heavy atom. The van der Waals surface area contributed by atoms with Crippen LogP contribution in [0, 0.1) is 13.8 Å². The van der Waals surface area contributed by atoms with E-state index in [9.17, 15) is 9.90 Å². The molecule has 53 heavy (non-hydrogen) atoms. The fraction of sp³-hybridized carbons (Fsp3) is 0.375. The summed E-state index contributed by atoms with van der Waals surface area (Å²) < 4.78 is 26.4. The number of aromatic nitrogens is 2. The van der Waals surface area contributed by atoms with Crippen molar-refractivity contribution in [1.82, 2.24) is 9.97 Å². The third-order valence-corrected chi connectivity index (χ3v) is 16.3. The molecule has 1 unspecified atom stereocenters. The van der Waals surface area contributed by atoms with E-state index >= 15 is 0 Å². The maximum absolute atomic E-state index is 14.1. The topological polar surface area (TPSA) is 100 Å². The van der Waals surface area contributed by atoms with E-state index in [4.69, 9.17) is 41.8 Å². The average molecular weight is 861 g/mol. The lowest BCUT2D eigenvalue weighted by Gasteiger charge is -2.36. The fourth-order valence-electron chi connectivity index (χ4n) is 5.50. The SMILES string of the molecule is Cc1c(Cl)c(O)c(Cl)c(C)c1-c1c(Br)sc2ncnc(OC(Cc3cc(O[Si](C)(C)C(C)(C)C)ccc3OCc3ccccc3)C(=O)OC(C)(C)C)c12. The Morgan fingerprint density at radius 2 is 1.60 bits per heavy atom. The molecule has 2 aromatic heterocycles. The van der Waals surface area contributed by atoms with Gasteiger partial charge in [0.25, 0.3) is 0 Å². The number of carbonyl (C=O) groups is 1. The third-order valence-electron chi connectivity index (χ3n) is 9.26. The average Bonchev–Trinajstić information content (AvgIpc) is 3.41. The Balaban J connectivity index is 1.64. The lowest BCUT2D eigenvalue weighted by Crippen LogP contribution is -2.43. The summed E-state index contributed by atoms with van der Waals surface area (Å²) in [6.07, 6.45) is 0.319. The Hall–Kier alpha value is -3.35. The number of nitrogens with zero attached hydrogens (tertiary/aromatic N) is 2. The number of ether oxygens (including phenoxy) is 3. The predicted octanol–water partition coefficient (Wildman–Crippen LogP) is 12.0. The lowest BCUT2D eigenvalue weighted by atomic mass is 9.95. The van der Waals surface area contributed by atoms with Crippen LogP contribution >= 0.6 is 50.5 Å². The van der Waals surface area contributed by atoms with Crippen molar-refractivity contribution in [2.75, 3.05) is 0 Å². The largest absolute Gasteiger partial charge is 0.543 e. The summed E-state index contributed by atoms with van der Waals surface area (Å²) in [5.41, 5.74) is 3.50. The van der Waals surface area contributed by atoms with Crippen molar-refractivity contribution < 1.29 is 28.5 Å². The van der Waals surface area contributed by atoms with Crippen LogP contribution in [0.15, 0.2) is 58.6 Å². The molecule has 1 atom stereocenters. The number of esters is 1. The molecule has 0 aliphatic heterocycles. The number of rotatable bonds is 11. The maximum atomic E-state index is 14.1. The Bertz CT molecular complexity index is 2120. The van der Waals surface area contributed by atoms with Crippen LogP contribution in [0.3, 0.4) is 0 Å². The minimum absolute atomic E-state index is 0.0363. The van der Waals surface area contributed by atoms with Crippen LogP contribution in [0.2, 0.25) is 28.2 Å². The van der Waals surface area contributed by atoms with E-state index in [2.05, 4.69) is 59.8 Å². The number of phenols is 1. The quantitative estimate of drug-likeness (QED) is 0.104. The molecule has 0 saturated heterocycles. The van der Waals surface area contributed by atoms with Gasteiger partial charge in [0.1, 0.15) is 34.9 Å². The van der Waals surface area contributed by atoms with Gasteiger partial charge >= 0.3 is 5.97 Å². The van der Waals surface area contributed by atoms with Crippen molar-refractivity contribution in [2.45, 2.75) is 98.3 Å². The molecule has 2 heterocycles. The molecule has 0 spiro atoms. The minimum Gasteiger partial charge on any atom is -0.543 e. The normalized spacial score (nSPS) is 12.8. The van der Waals surface area contributed by atoms with Gasteiger partial charge in [0, 0.05) is 17.5 Å². The molecule has 0 bridgehead atoms. The van der Waals surface area contributed by atoms with E-state index in [1.807, 2.05) is 69.3 Å². The molecule has 13 heteroatoms. The number of halogens is 3. The number of benzene rings is 3. The van der Waals surface area contributed by atoms with Gasteiger partial charge in [-0.1, -0.05) is 74.3 Å². The summed E-state index contributed by atoms with van der Waals surface area (Å²) in [6, 6.07) is 15.6. The van der Waals surface area contributed by atoms with Crippen molar-refractivity contribution in [3.05, 3.63) is 90.9 Å². The van der Waals surface area contributed by atoms with Crippen molar-refractivity contribution in [2.24, 2.45) is 0 Å². The fourth-order valence-corrected chi connectivity index (χ4v) is 8.67. The summed E-state index contributed by atoms with van der Waals surface area (Å²) in [5, 5.41) is 11.4.